The maximum Gasteiger partial charge on any atom is 0.317 e. The van der Waals surface area contributed by atoms with Crippen molar-refractivity contribution in [1.82, 2.24) is 10.2 Å². The van der Waals surface area contributed by atoms with E-state index < -0.39 is 5.97 Å². The second-order valence-corrected chi connectivity index (χ2v) is 2.98. The zero-order valence-corrected chi connectivity index (χ0v) is 9.80. The normalized spacial score (nSPS) is 11.6. The Balaban J connectivity index is 0. The van der Waals surface area contributed by atoms with Gasteiger partial charge in [0, 0.05) is 13.1 Å². The maximum atomic E-state index is 10.3. The van der Waals surface area contributed by atoms with Crippen LogP contribution in [-0.2, 0) is 4.79 Å². The number of hydrogen-bond donors (Lipinski definition) is 2. The van der Waals surface area contributed by atoms with Crippen LogP contribution in [0.3, 0.4) is 0 Å². The molecular formula is C10H19ClN2O2. The van der Waals surface area contributed by atoms with E-state index in [9.17, 15) is 4.79 Å². The second-order valence-electron chi connectivity index (χ2n) is 2.98. The third-order valence-corrected chi connectivity index (χ3v) is 1.82. The van der Waals surface area contributed by atoms with E-state index in [0.29, 0.717) is 13.1 Å². The summed E-state index contributed by atoms with van der Waals surface area (Å²) in [5.41, 5.74) is 0. The smallest absolute Gasteiger partial charge is 0.317 e. The lowest BCUT2D eigenvalue weighted by Crippen LogP contribution is -2.45. The number of nitrogens with one attached hydrogen (secondary N) is 1. The van der Waals surface area contributed by atoms with Gasteiger partial charge >= 0.3 is 5.97 Å². The highest BCUT2D eigenvalue weighted by molar-refractivity contribution is 5.85. The highest BCUT2D eigenvalue weighted by Gasteiger charge is 2.10. The highest BCUT2D eigenvalue weighted by Crippen LogP contribution is 1.95. The molecule has 4 nitrogen and oxygen atoms in total. The van der Waals surface area contributed by atoms with Crippen LogP contribution >= 0.6 is 12.4 Å². The lowest BCUT2D eigenvalue weighted by molar-refractivity contribution is -0.136. The first kappa shape index (κ1) is 16.6. The number of rotatable bonds is 8. The number of carboxylic acids is 1. The molecule has 0 radical (unpaired) electrons. The zero-order valence-electron chi connectivity index (χ0n) is 8.98. The average molecular weight is 235 g/mol. The monoisotopic (exact) mass is 234 g/mol. The van der Waals surface area contributed by atoms with E-state index in [4.69, 9.17) is 5.11 Å². The van der Waals surface area contributed by atoms with E-state index in [-0.39, 0.29) is 25.1 Å². The molecule has 0 aliphatic heterocycles. The number of carboxylic acid groups (broad SMARTS) is 1. The Morgan fingerprint density at radius 1 is 1.47 bits per heavy atom. The van der Waals surface area contributed by atoms with Gasteiger partial charge in [-0.25, -0.2) is 0 Å². The van der Waals surface area contributed by atoms with Gasteiger partial charge in [-0.1, -0.05) is 12.2 Å². The molecule has 0 saturated heterocycles. The van der Waals surface area contributed by atoms with Crippen LogP contribution in [0.4, 0.5) is 0 Å². The van der Waals surface area contributed by atoms with Crippen molar-refractivity contribution in [3.63, 3.8) is 0 Å². The Labute approximate surface area is 97.1 Å². The SMILES string of the molecule is C=CCN(CC=C)C(C)NCC(=O)O.Cl. The van der Waals surface area contributed by atoms with Gasteiger partial charge in [-0.2, -0.15) is 0 Å². The quantitative estimate of drug-likeness (QED) is 0.488. The number of aliphatic carboxylic acids is 1. The molecule has 1 unspecified atom stereocenters. The number of carbonyl (C=O) groups is 1. The molecule has 1 atom stereocenters. The number of nitrogens with zero attached hydrogens (tertiary/aromatic N) is 1. The van der Waals surface area contributed by atoms with Crippen molar-refractivity contribution < 1.29 is 9.90 Å². The van der Waals surface area contributed by atoms with E-state index in [2.05, 4.69) is 18.5 Å². The van der Waals surface area contributed by atoms with Crippen molar-refractivity contribution in [1.29, 1.82) is 0 Å². The van der Waals surface area contributed by atoms with Crippen molar-refractivity contribution in [2.24, 2.45) is 0 Å². The summed E-state index contributed by atoms with van der Waals surface area (Å²) in [5, 5.41) is 11.4. The molecule has 0 aromatic carbocycles. The van der Waals surface area contributed by atoms with Crippen LogP contribution in [0.15, 0.2) is 25.3 Å². The Bertz CT molecular complexity index is 200. The molecule has 0 spiro atoms. The Morgan fingerprint density at radius 2 is 1.93 bits per heavy atom. The molecule has 5 heteroatoms. The van der Waals surface area contributed by atoms with Crippen LogP contribution in [-0.4, -0.2) is 41.8 Å². The van der Waals surface area contributed by atoms with Gasteiger partial charge in [-0.3, -0.25) is 15.0 Å². The van der Waals surface area contributed by atoms with Crippen molar-refractivity contribution >= 4 is 18.4 Å². The Morgan fingerprint density at radius 3 is 2.27 bits per heavy atom. The lowest BCUT2D eigenvalue weighted by atomic mass is 10.4. The highest BCUT2D eigenvalue weighted by atomic mass is 35.5. The third kappa shape index (κ3) is 8.17. The van der Waals surface area contributed by atoms with Crippen LogP contribution < -0.4 is 5.32 Å². The van der Waals surface area contributed by atoms with Crippen LogP contribution in [0, 0.1) is 0 Å². The van der Waals surface area contributed by atoms with Gasteiger partial charge in [0.25, 0.3) is 0 Å². The Kier molecular flexibility index (Phi) is 10.7. The van der Waals surface area contributed by atoms with Crippen molar-refractivity contribution in [3.05, 3.63) is 25.3 Å². The first-order valence-electron chi connectivity index (χ1n) is 4.52. The summed E-state index contributed by atoms with van der Waals surface area (Å²) in [6.07, 6.45) is 3.56. The molecule has 0 aliphatic rings. The second kappa shape index (κ2) is 9.71. The number of hydrogen-bond acceptors (Lipinski definition) is 3. The Hall–Kier alpha value is -0.840. The van der Waals surface area contributed by atoms with Crippen LogP contribution in [0.25, 0.3) is 0 Å². The van der Waals surface area contributed by atoms with Gasteiger partial charge in [0.1, 0.15) is 0 Å². The molecule has 0 aromatic rings. The van der Waals surface area contributed by atoms with E-state index >= 15 is 0 Å². The van der Waals surface area contributed by atoms with Crippen molar-refractivity contribution in [2.45, 2.75) is 13.1 Å². The fourth-order valence-corrected chi connectivity index (χ4v) is 1.09. The first-order valence-corrected chi connectivity index (χ1v) is 4.52. The molecule has 0 aromatic heterocycles. The van der Waals surface area contributed by atoms with E-state index in [0.717, 1.165) is 0 Å². The van der Waals surface area contributed by atoms with E-state index in [1.54, 1.807) is 12.2 Å². The number of halogens is 1. The van der Waals surface area contributed by atoms with E-state index in [1.165, 1.54) is 0 Å². The summed E-state index contributed by atoms with van der Waals surface area (Å²) >= 11 is 0. The van der Waals surface area contributed by atoms with Crippen LogP contribution in [0.1, 0.15) is 6.92 Å². The molecule has 2 N–H and O–H groups in total. The molecule has 88 valence electrons. The maximum absolute atomic E-state index is 10.3. The fraction of sp³-hybridized carbons (Fsp3) is 0.500. The lowest BCUT2D eigenvalue weighted by Gasteiger charge is -2.26. The predicted molar refractivity (Wildman–Crippen MR) is 64.3 cm³/mol. The van der Waals surface area contributed by atoms with Crippen molar-refractivity contribution in [3.8, 4) is 0 Å². The van der Waals surface area contributed by atoms with E-state index in [1.807, 2.05) is 11.8 Å². The predicted octanol–water partition coefficient (Wildman–Crippen LogP) is 1.10. The molecule has 0 bridgehead atoms. The summed E-state index contributed by atoms with van der Waals surface area (Å²) in [6.45, 7) is 10.6. The topological polar surface area (TPSA) is 52.6 Å². The largest absolute Gasteiger partial charge is 0.480 e. The molecule has 15 heavy (non-hydrogen) atoms. The molecular weight excluding hydrogens is 216 g/mol. The van der Waals surface area contributed by atoms with Crippen LogP contribution in [0.2, 0.25) is 0 Å². The fourth-order valence-electron chi connectivity index (χ4n) is 1.09. The summed E-state index contributed by atoms with van der Waals surface area (Å²) in [6, 6.07) is 0. The summed E-state index contributed by atoms with van der Waals surface area (Å²) in [5.74, 6) is -0.853. The minimum absolute atomic E-state index is 0. The van der Waals surface area contributed by atoms with Gasteiger partial charge in [-0.05, 0) is 6.92 Å². The molecule has 0 heterocycles. The molecule has 0 amide bonds. The van der Waals surface area contributed by atoms with Gasteiger partial charge in [-0.15, -0.1) is 25.6 Å². The average Bonchev–Trinajstić information content (AvgIpc) is 2.14. The minimum atomic E-state index is -0.853. The van der Waals surface area contributed by atoms with Gasteiger partial charge < -0.3 is 5.11 Å². The summed E-state index contributed by atoms with van der Waals surface area (Å²) in [7, 11) is 0. The van der Waals surface area contributed by atoms with Gasteiger partial charge in [0.2, 0.25) is 0 Å². The van der Waals surface area contributed by atoms with Crippen molar-refractivity contribution in [2.75, 3.05) is 19.6 Å². The minimum Gasteiger partial charge on any atom is -0.480 e. The first-order chi connectivity index (χ1) is 6.61. The molecule has 0 rings (SSSR count). The summed E-state index contributed by atoms with van der Waals surface area (Å²) in [4.78, 5) is 12.4. The molecule has 0 aliphatic carbocycles. The molecule has 0 fully saturated rings. The third-order valence-electron chi connectivity index (χ3n) is 1.82. The van der Waals surface area contributed by atoms with Gasteiger partial charge in [0.15, 0.2) is 0 Å². The standard InChI is InChI=1S/C10H18N2O2.ClH/c1-4-6-12(7-5-2)9(3)11-8-10(13)14;/h4-5,9,11H,1-2,6-8H2,3H3,(H,13,14);1H. The van der Waals surface area contributed by atoms with Gasteiger partial charge in [0.05, 0.1) is 12.7 Å². The zero-order chi connectivity index (χ0) is 11.0. The summed E-state index contributed by atoms with van der Waals surface area (Å²) < 4.78 is 0. The van der Waals surface area contributed by atoms with Crippen LogP contribution in [0.5, 0.6) is 0 Å². The molecule has 0 saturated carbocycles.